The van der Waals surface area contributed by atoms with Crippen LogP contribution >= 0.6 is 11.6 Å². The number of rotatable bonds is 5. The van der Waals surface area contributed by atoms with Crippen molar-refractivity contribution in [3.8, 4) is 0 Å². The number of carbonyl (C=O) groups excluding carboxylic acids is 1. The lowest BCUT2D eigenvalue weighted by molar-refractivity contribution is 0.104. The van der Waals surface area contributed by atoms with Crippen LogP contribution in [-0.2, 0) is 6.54 Å². The quantitative estimate of drug-likeness (QED) is 0.443. The molecular weight excluding hydrogens is 377 g/mol. The van der Waals surface area contributed by atoms with Gasteiger partial charge in [-0.3, -0.25) is 4.79 Å². The van der Waals surface area contributed by atoms with Crippen LogP contribution in [0.4, 0.5) is 13.2 Å². The Kier molecular flexibility index (Phi) is 5.46. The summed E-state index contributed by atoms with van der Waals surface area (Å²) < 4.78 is 41.9. The van der Waals surface area contributed by atoms with Crippen molar-refractivity contribution >= 4 is 23.5 Å². The number of carbonyl (C=O) groups is 1. The fourth-order valence-electron chi connectivity index (χ4n) is 2.60. The van der Waals surface area contributed by atoms with E-state index in [1.54, 1.807) is 19.1 Å². The summed E-state index contributed by atoms with van der Waals surface area (Å²) in [6.07, 6.45) is 2.43. The summed E-state index contributed by atoms with van der Waals surface area (Å²) in [6, 6.07) is 9.12. The zero-order valence-electron chi connectivity index (χ0n) is 14.2. The first-order valence-corrected chi connectivity index (χ1v) is 8.38. The molecule has 0 aliphatic heterocycles. The standard InChI is InChI=1S/C20H14ClF3N2O/c1-12-15(9-10-18(27)19-16(23)3-2-4-17(19)24)20(21)26(25-12)11-13-5-7-14(22)8-6-13/h2-10H,11H2,1H3/b10-9+. The minimum absolute atomic E-state index is 0.259. The van der Waals surface area contributed by atoms with Crippen molar-refractivity contribution in [2.75, 3.05) is 0 Å². The fraction of sp³-hybridized carbons (Fsp3) is 0.100. The van der Waals surface area contributed by atoms with Gasteiger partial charge in [-0.25, -0.2) is 17.9 Å². The molecule has 7 heteroatoms. The highest BCUT2D eigenvalue weighted by Gasteiger charge is 2.16. The van der Waals surface area contributed by atoms with Gasteiger partial charge in [-0.15, -0.1) is 0 Å². The van der Waals surface area contributed by atoms with E-state index in [-0.39, 0.29) is 11.0 Å². The van der Waals surface area contributed by atoms with E-state index in [0.717, 1.165) is 23.8 Å². The van der Waals surface area contributed by atoms with E-state index in [4.69, 9.17) is 11.6 Å². The highest BCUT2D eigenvalue weighted by Crippen LogP contribution is 2.23. The molecule has 0 aliphatic rings. The number of ketones is 1. The summed E-state index contributed by atoms with van der Waals surface area (Å²) in [4.78, 5) is 12.1. The third-order valence-corrected chi connectivity index (χ3v) is 4.36. The molecule has 0 amide bonds. The number of aromatic nitrogens is 2. The van der Waals surface area contributed by atoms with Crippen LogP contribution in [0.3, 0.4) is 0 Å². The van der Waals surface area contributed by atoms with Crippen molar-refractivity contribution < 1.29 is 18.0 Å². The van der Waals surface area contributed by atoms with Crippen molar-refractivity contribution in [1.82, 2.24) is 9.78 Å². The predicted molar refractivity (Wildman–Crippen MR) is 97.2 cm³/mol. The lowest BCUT2D eigenvalue weighted by Gasteiger charge is -2.03. The Bertz CT molecular complexity index is 1010. The monoisotopic (exact) mass is 390 g/mol. The maximum absolute atomic E-state index is 13.7. The molecule has 0 spiro atoms. The molecule has 3 nitrogen and oxygen atoms in total. The van der Waals surface area contributed by atoms with E-state index >= 15 is 0 Å². The van der Waals surface area contributed by atoms with Gasteiger partial charge in [-0.2, -0.15) is 5.10 Å². The predicted octanol–water partition coefficient (Wildman–Crippen LogP) is 5.21. The summed E-state index contributed by atoms with van der Waals surface area (Å²) in [7, 11) is 0. The fourth-order valence-corrected chi connectivity index (χ4v) is 2.90. The third-order valence-electron chi connectivity index (χ3n) is 3.97. The van der Waals surface area contributed by atoms with Crippen LogP contribution in [0.5, 0.6) is 0 Å². The molecule has 3 rings (SSSR count). The average Bonchev–Trinajstić information content (AvgIpc) is 2.88. The van der Waals surface area contributed by atoms with Crippen LogP contribution in [0.25, 0.3) is 6.08 Å². The largest absolute Gasteiger partial charge is 0.289 e. The van der Waals surface area contributed by atoms with Crippen molar-refractivity contribution in [3.05, 3.63) is 93.5 Å². The van der Waals surface area contributed by atoms with Crippen LogP contribution in [-0.4, -0.2) is 15.6 Å². The molecule has 1 heterocycles. The number of nitrogens with zero attached hydrogens (tertiary/aromatic N) is 2. The van der Waals surface area contributed by atoms with E-state index in [9.17, 15) is 18.0 Å². The normalized spacial score (nSPS) is 11.3. The van der Waals surface area contributed by atoms with Gasteiger partial charge in [0.2, 0.25) is 0 Å². The number of halogens is 4. The van der Waals surface area contributed by atoms with Gasteiger partial charge in [-0.05, 0) is 48.9 Å². The summed E-state index contributed by atoms with van der Waals surface area (Å²) >= 11 is 6.32. The second-order valence-electron chi connectivity index (χ2n) is 5.87. The molecular formula is C20H14ClF3N2O. The Morgan fingerprint density at radius 2 is 1.74 bits per heavy atom. The number of hydrogen-bond donors (Lipinski definition) is 0. The molecule has 138 valence electrons. The van der Waals surface area contributed by atoms with Crippen molar-refractivity contribution in [3.63, 3.8) is 0 Å². The first kappa shape index (κ1) is 18.9. The van der Waals surface area contributed by atoms with Crippen LogP contribution in [0.1, 0.15) is 27.2 Å². The third kappa shape index (κ3) is 4.11. The highest BCUT2D eigenvalue weighted by atomic mass is 35.5. The van der Waals surface area contributed by atoms with Crippen LogP contribution < -0.4 is 0 Å². The molecule has 0 aliphatic carbocycles. The molecule has 27 heavy (non-hydrogen) atoms. The zero-order valence-corrected chi connectivity index (χ0v) is 15.0. The minimum atomic E-state index is -0.931. The Morgan fingerprint density at radius 3 is 2.37 bits per heavy atom. The van der Waals surface area contributed by atoms with Crippen LogP contribution in [0.2, 0.25) is 5.15 Å². The van der Waals surface area contributed by atoms with E-state index in [2.05, 4.69) is 5.10 Å². The SMILES string of the molecule is Cc1nn(Cc2ccc(F)cc2)c(Cl)c1/C=C/C(=O)c1c(F)cccc1F. The number of allylic oxidation sites excluding steroid dienone is 1. The molecule has 0 unspecified atom stereocenters. The maximum Gasteiger partial charge on any atom is 0.191 e. The number of hydrogen-bond acceptors (Lipinski definition) is 2. The molecule has 0 N–H and O–H groups in total. The van der Waals surface area contributed by atoms with Crippen molar-refractivity contribution in [2.24, 2.45) is 0 Å². The van der Waals surface area contributed by atoms with Gasteiger partial charge >= 0.3 is 0 Å². The average molecular weight is 391 g/mol. The van der Waals surface area contributed by atoms with E-state index in [0.29, 0.717) is 17.8 Å². The van der Waals surface area contributed by atoms with Crippen LogP contribution in [0, 0.1) is 24.4 Å². The molecule has 0 atom stereocenters. The minimum Gasteiger partial charge on any atom is -0.289 e. The zero-order chi connectivity index (χ0) is 19.6. The van der Waals surface area contributed by atoms with Gasteiger partial charge in [0.1, 0.15) is 22.6 Å². The molecule has 1 aromatic heterocycles. The maximum atomic E-state index is 13.7. The number of aryl methyl sites for hydroxylation is 1. The van der Waals surface area contributed by atoms with Gasteiger partial charge in [0.15, 0.2) is 5.78 Å². The topological polar surface area (TPSA) is 34.9 Å². The first-order chi connectivity index (χ1) is 12.9. The molecule has 2 aromatic carbocycles. The van der Waals surface area contributed by atoms with E-state index in [1.165, 1.54) is 29.0 Å². The molecule has 0 saturated heterocycles. The summed E-state index contributed by atoms with van der Waals surface area (Å²) in [5.41, 5.74) is 1.17. The molecule has 0 fully saturated rings. The van der Waals surface area contributed by atoms with E-state index in [1.807, 2.05) is 0 Å². The Morgan fingerprint density at radius 1 is 1.11 bits per heavy atom. The van der Waals surface area contributed by atoms with Crippen LogP contribution in [0.15, 0.2) is 48.5 Å². The molecule has 0 radical (unpaired) electrons. The van der Waals surface area contributed by atoms with E-state index < -0.39 is 23.0 Å². The summed E-state index contributed by atoms with van der Waals surface area (Å²) in [5, 5.41) is 4.55. The second kappa shape index (κ2) is 7.80. The summed E-state index contributed by atoms with van der Waals surface area (Å²) in [5.74, 6) is -3.02. The Balaban J connectivity index is 1.85. The van der Waals surface area contributed by atoms with Gasteiger partial charge in [0.05, 0.1) is 17.8 Å². The lowest BCUT2D eigenvalue weighted by atomic mass is 10.1. The van der Waals surface area contributed by atoms with Crippen molar-refractivity contribution in [2.45, 2.75) is 13.5 Å². The lowest BCUT2D eigenvalue weighted by Crippen LogP contribution is -2.02. The first-order valence-electron chi connectivity index (χ1n) is 8.00. The number of benzene rings is 2. The van der Waals surface area contributed by atoms with Gasteiger partial charge < -0.3 is 0 Å². The molecule has 0 bridgehead atoms. The van der Waals surface area contributed by atoms with Gasteiger partial charge in [0, 0.05) is 5.56 Å². The molecule has 3 aromatic rings. The molecule has 0 saturated carbocycles. The van der Waals surface area contributed by atoms with Gasteiger partial charge in [-0.1, -0.05) is 29.8 Å². The van der Waals surface area contributed by atoms with Crippen molar-refractivity contribution in [1.29, 1.82) is 0 Å². The van der Waals surface area contributed by atoms with Gasteiger partial charge in [0.25, 0.3) is 0 Å². The summed E-state index contributed by atoms with van der Waals surface area (Å²) in [6.45, 7) is 2.00. The Labute approximate surface area is 158 Å². The second-order valence-corrected chi connectivity index (χ2v) is 6.23. The Hall–Kier alpha value is -2.86. The smallest absolute Gasteiger partial charge is 0.191 e. The highest BCUT2D eigenvalue weighted by molar-refractivity contribution is 6.31.